The van der Waals surface area contributed by atoms with Crippen molar-refractivity contribution in [3.05, 3.63) is 52.8 Å². The van der Waals surface area contributed by atoms with Gasteiger partial charge in [0.15, 0.2) is 0 Å². The minimum atomic E-state index is 0.888. The van der Waals surface area contributed by atoms with Gasteiger partial charge in [-0.25, -0.2) is 4.98 Å². The number of hydrogen-bond donors (Lipinski definition) is 0. The van der Waals surface area contributed by atoms with Crippen LogP contribution in [0.25, 0.3) is 11.0 Å². The Morgan fingerprint density at radius 2 is 2.05 bits per heavy atom. The van der Waals surface area contributed by atoms with E-state index >= 15 is 0 Å². The van der Waals surface area contributed by atoms with Crippen LogP contribution in [0.15, 0.2) is 51.7 Å². The molecule has 0 saturated heterocycles. The summed E-state index contributed by atoms with van der Waals surface area (Å²) in [6, 6.07) is 10.1. The molecule has 0 fully saturated rings. The highest BCUT2D eigenvalue weighted by Crippen LogP contribution is 2.33. The van der Waals surface area contributed by atoms with Gasteiger partial charge in [0.1, 0.15) is 17.7 Å². The van der Waals surface area contributed by atoms with E-state index in [1.54, 1.807) is 12.5 Å². The fourth-order valence-electron chi connectivity index (χ4n) is 2.22. The van der Waals surface area contributed by atoms with Crippen LogP contribution < -0.4 is 4.90 Å². The van der Waals surface area contributed by atoms with Crippen LogP contribution in [0.5, 0.6) is 0 Å². The number of fused-ring (bicyclic) bond motifs is 1. The van der Waals surface area contributed by atoms with E-state index in [0.29, 0.717) is 0 Å². The standard InChI is InChI=1S/C15H13BrN2O/c1-10-7-11(16)8-17-15(10)18(2)13-9-19-14-6-4-3-5-12(13)14/h3-9H,1-2H3. The summed E-state index contributed by atoms with van der Waals surface area (Å²) >= 11 is 3.43. The van der Waals surface area contributed by atoms with E-state index in [4.69, 9.17) is 4.42 Å². The van der Waals surface area contributed by atoms with E-state index in [0.717, 1.165) is 32.5 Å². The normalized spacial score (nSPS) is 10.9. The molecule has 2 aromatic heterocycles. The van der Waals surface area contributed by atoms with Crippen LogP contribution in [-0.4, -0.2) is 12.0 Å². The average Bonchev–Trinajstić information content (AvgIpc) is 2.82. The molecule has 0 amide bonds. The number of hydrogen-bond acceptors (Lipinski definition) is 3. The van der Waals surface area contributed by atoms with E-state index in [1.807, 2.05) is 37.1 Å². The Morgan fingerprint density at radius 3 is 2.84 bits per heavy atom. The Morgan fingerprint density at radius 1 is 1.26 bits per heavy atom. The monoisotopic (exact) mass is 316 g/mol. The molecule has 96 valence electrons. The zero-order chi connectivity index (χ0) is 13.4. The molecule has 19 heavy (non-hydrogen) atoms. The largest absolute Gasteiger partial charge is 0.462 e. The molecule has 3 rings (SSSR count). The number of furan rings is 1. The molecule has 0 radical (unpaired) electrons. The van der Waals surface area contributed by atoms with E-state index in [-0.39, 0.29) is 0 Å². The molecule has 3 aromatic rings. The Bertz CT molecular complexity index is 736. The lowest BCUT2D eigenvalue weighted by Crippen LogP contribution is -2.12. The van der Waals surface area contributed by atoms with Gasteiger partial charge < -0.3 is 9.32 Å². The van der Waals surface area contributed by atoms with Crippen LogP contribution in [0, 0.1) is 6.92 Å². The number of rotatable bonds is 2. The zero-order valence-electron chi connectivity index (χ0n) is 10.7. The molecule has 0 N–H and O–H groups in total. The van der Waals surface area contributed by atoms with Crippen molar-refractivity contribution in [3.63, 3.8) is 0 Å². The summed E-state index contributed by atoms with van der Waals surface area (Å²) in [5, 5.41) is 1.09. The Balaban J connectivity index is 2.10. The Hall–Kier alpha value is -1.81. The third-order valence-electron chi connectivity index (χ3n) is 3.16. The SMILES string of the molecule is Cc1cc(Br)cnc1N(C)c1coc2ccccc12. The summed E-state index contributed by atoms with van der Waals surface area (Å²) in [6.45, 7) is 2.05. The highest BCUT2D eigenvalue weighted by molar-refractivity contribution is 9.10. The predicted molar refractivity (Wildman–Crippen MR) is 81.0 cm³/mol. The highest BCUT2D eigenvalue weighted by Gasteiger charge is 2.14. The minimum Gasteiger partial charge on any atom is -0.462 e. The number of nitrogens with zero attached hydrogens (tertiary/aromatic N) is 2. The second kappa shape index (κ2) is 4.70. The first-order valence-electron chi connectivity index (χ1n) is 5.99. The van der Waals surface area contributed by atoms with Crippen LogP contribution in [0.4, 0.5) is 11.5 Å². The lowest BCUT2D eigenvalue weighted by atomic mass is 10.2. The summed E-state index contributed by atoms with van der Waals surface area (Å²) in [5.41, 5.74) is 3.02. The number of halogens is 1. The van der Waals surface area contributed by atoms with Crippen molar-refractivity contribution in [2.24, 2.45) is 0 Å². The predicted octanol–water partition coefficient (Wildman–Crippen LogP) is 4.67. The van der Waals surface area contributed by atoms with E-state index in [9.17, 15) is 0 Å². The summed E-state index contributed by atoms with van der Waals surface area (Å²) < 4.78 is 6.56. The third-order valence-corrected chi connectivity index (χ3v) is 3.59. The minimum absolute atomic E-state index is 0.888. The summed E-state index contributed by atoms with van der Waals surface area (Å²) in [4.78, 5) is 6.53. The summed E-state index contributed by atoms with van der Waals surface area (Å²) in [7, 11) is 2.00. The molecule has 2 heterocycles. The fourth-order valence-corrected chi connectivity index (χ4v) is 2.67. The van der Waals surface area contributed by atoms with Crippen LogP contribution in [0.1, 0.15) is 5.56 Å². The highest BCUT2D eigenvalue weighted by atomic mass is 79.9. The number of para-hydroxylation sites is 1. The lowest BCUT2D eigenvalue weighted by Gasteiger charge is -2.18. The molecule has 0 saturated carbocycles. The van der Waals surface area contributed by atoms with E-state index in [2.05, 4.69) is 33.0 Å². The smallest absolute Gasteiger partial charge is 0.136 e. The molecule has 1 aromatic carbocycles. The first-order chi connectivity index (χ1) is 9.16. The summed E-state index contributed by atoms with van der Waals surface area (Å²) in [5.74, 6) is 0.926. The molecule has 0 unspecified atom stereocenters. The maximum absolute atomic E-state index is 5.58. The molecule has 0 aliphatic heterocycles. The first-order valence-corrected chi connectivity index (χ1v) is 6.78. The average molecular weight is 317 g/mol. The Labute approximate surface area is 120 Å². The van der Waals surface area contributed by atoms with Gasteiger partial charge in [-0.3, -0.25) is 0 Å². The van der Waals surface area contributed by atoms with Gasteiger partial charge in [-0.05, 0) is 46.6 Å². The molecule has 3 nitrogen and oxygen atoms in total. The van der Waals surface area contributed by atoms with Gasteiger partial charge in [0.25, 0.3) is 0 Å². The van der Waals surface area contributed by atoms with E-state index < -0.39 is 0 Å². The van der Waals surface area contributed by atoms with Gasteiger partial charge in [0.2, 0.25) is 0 Å². The molecular weight excluding hydrogens is 304 g/mol. The first kappa shape index (κ1) is 12.2. The zero-order valence-corrected chi connectivity index (χ0v) is 12.3. The number of aromatic nitrogens is 1. The molecule has 0 aliphatic rings. The molecule has 0 aliphatic carbocycles. The van der Waals surface area contributed by atoms with Gasteiger partial charge >= 0.3 is 0 Å². The van der Waals surface area contributed by atoms with Crippen molar-refractivity contribution in [2.45, 2.75) is 6.92 Å². The van der Waals surface area contributed by atoms with Crippen LogP contribution in [0.2, 0.25) is 0 Å². The van der Waals surface area contributed by atoms with Crippen molar-refractivity contribution in [2.75, 3.05) is 11.9 Å². The molecule has 0 bridgehead atoms. The van der Waals surface area contributed by atoms with Gasteiger partial charge in [-0.1, -0.05) is 12.1 Å². The second-order valence-electron chi connectivity index (χ2n) is 4.47. The number of aryl methyl sites for hydroxylation is 1. The van der Waals surface area contributed by atoms with Gasteiger partial charge in [-0.2, -0.15) is 0 Å². The van der Waals surface area contributed by atoms with Crippen molar-refractivity contribution in [3.8, 4) is 0 Å². The number of anilines is 2. The maximum Gasteiger partial charge on any atom is 0.136 e. The van der Waals surface area contributed by atoms with Crippen LogP contribution in [-0.2, 0) is 0 Å². The van der Waals surface area contributed by atoms with Crippen molar-refractivity contribution in [1.29, 1.82) is 0 Å². The van der Waals surface area contributed by atoms with Gasteiger partial charge in [0.05, 0.1) is 5.69 Å². The molecular formula is C15H13BrN2O. The fraction of sp³-hybridized carbons (Fsp3) is 0.133. The topological polar surface area (TPSA) is 29.3 Å². The molecule has 0 spiro atoms. The number of pyridine rings is 1. The van der Waals surface area contributed by atoms with Gasteiger partial charge in [-0.15, -0.1) is 0 Å². The second-order valence-corrected chi connectivity index (χ2v) is 5.39. The molecule has 0 atom stereocenters. The van der Waals surface area contributed by atoms with Crippen molar-refractivity contribution >= 4 is 38.4 Å². The third kappa shape index (κ3) is 2.12. The summed E-state index contributed by atoms with van der Waals surface area (Å²) in [6.07, 6.45) is 3.58. The van der Waals surface area contributed by atoms with Crippen LogP contribution in [0.3, 0.4) is 0 Å². The van der Waals surface area contributed by atoms with E-state index in [1.165, 1.54) is 0 Å². The lowest BCUT2D eigenvalue weighted by molar-refractivity contribution is 0.616. The quantitative estimate of drug-likeness (QED) is 0.688. The number of benzene rings is 1. The van der Waals surface area contributed by atoms with Gasteiger partial charge in [0, 0.05) is 23.1 Å². The maximum atomic E-state index is 5.58. The molecule has 4 heteroatoms. The van der Waals surface area contributed by atoms with Crippen molar-refractivity contribution < 1.29 is 4.42 Å². The van der Waals surface area contributed by atoms with Crippen LogP contribution >= 0.6 is 15.9 Å². The van der Waals surface area contributed by atoms with Crippen molar-refractivity contribution in [1.82, 2.24) is 4.98 Å². The Kier molecular flexibility index (Phi) is 3.03.